The summed E-state index contributed by atoms with van der Waals surface area (Å²) in [7, 11) is 1.37. The van der Waals surface area contributed by atoms with E-state index in [4.69, 9.17) is 17.3 Å². The number of alkyl halides is 3. The van der Waals surface area contributed by atoms with Crippen molar-refractivity contribution in [3.8, 4) is 5.75 Å². The lowest BCUT2D eigenvalue weighted by molar-refractivity contribution is -0.164. The number of hydrogen-bond donors (Lipinski definition) is 7. The van der Waals surface area contributed by atoms with E-state index in [9.17, 15) is 31.9 Å². The third-order valence-corrected chi connectivity index (χ3v) is 5.70. The molecule has 1 saturated heterocycles. The van der Waals surface area contributed by atoms with Gasteiger partial charge in [-0.15, -0.1) is 0 Å². The van der Waals surface area contributed by atoms with Crippen LogP contribution in [0.3, 0.4) is 0 Å². The molecule has 3 rings (SSSR count). The molecule has 0 saturated carbocycles. The molecule has 1 aliphatic heterocycles. The largest absolute Gasteiger partial charge is 0.505 e. The third kappa shape index (κ3) is 7.72. The number of phenols is 1. The van der Waals surface area contributed by atoms with E-state index in [1.807, 2.05) is 0 Å². The highest BCUT2D eigenvalue weighted by atomic mass is 35.5. The van der Waals surface area contributed by atoms with Gasteiger partial charge in [-0.1, -0.05) is 17.7 Å². The van der Waals surface area contributed by atoms with Gasteiger partial charge in [0.15, 0.2) is 11.6 Å². The molecule has 37 heavy (non-hydrogen) atoms. The molecular formula is C22H25ClF5N7O2. The molecular weight excluding hydrogens is 525 g/mol. The number of phenolic OH excluding ortho intramolecular Hbond substituents is 1. The second-order valence-corrected chi connectivity index (χ2v) is 8.72. The molecule has 0 radical (unpaired) electrons. The van der Waals surface area contributed by atoms with Gasteiger partial charge in [0, 0.05) is 29.7 Å². The number of guanidine groups is 1. The summed E-state index contributed by atoms with van der Waals surface area (Å²) in [6.07, 6.45) is -5.38. The normalized spacial score (nSPS) is 19.9. The highest BCUT2D eigenvalue weighted by Crippen LogP contribution is 2.27. The van der Waals surface area contributed by atoms with Crippen LogP contribution in [0, 0.1) is 17.6 Å². The minimum atomic E-state index is -4.84. The smallest absolute Gasteiger partial charge is 0.404 e. The monoisotopic (exact) mass is 549 g/mol. The van der Waals surface area contributed by atoms with Crippen LogP contribution in [0.1, 0.15) is 18.0 Å². The van der Waals surface area contributed by atoms with E-state index in [0.717, 1.165) is 18.2 Å². The molecule has 1 fully saturated rings. The average molecular weight is 550 g/mol. The summed E-state index contributed by atoms with van der Waals surface area (Å²) in [5.41, 5.74) is 11.6. The molecule has 4 atom stereocenters. The third-order valence-electron chi connectivity index (χ3n) is 5.48. The Kier molecular flexibility index (Phi) is 9.26. The van der Waals surface area contributed by atoms with Gasteiger partial charge in [-0.05, 0) is 42.9 Å². The first-order valence-electron chi connectivity index (χ1n) is 11.0. The molecule has 9 nitrogen and oxygen atoms in total. The summed E-state index contributed by atoms with van der Waals surface area (Å²) in [5, 5.41) is 16.9. The number of hydrazine groups is 1. The predicted molar refractivity (Wildman–Crippen MR) is 128 cm³/mol. The number of halogens is 6. The predicted octanol–water partition coefficient (Wildman–Crippen LogP) is 2.50. The van der Waals surface area contributed by atoms with E-state index in [0.29, 0.717) is 5.56 Å². The Morgan fingerprint density at radius 3 is 2.59 bits per heavy atom. The number of aliphatic imine (C=N–C) groups is 1. The van der Waals surface area contributed by atoms with E-state index >= 15 is 0 Å². The first-order valence-corrected chi connectivity index (χ1v) is 11.3. The maximum absolute atomic E-state index is 13.8. The number of carbonyl (C=O) groups excluding carboxylic acids is 1. The quantitative estimate of drug-likeness (QED) is 0.160. The molecule has 15 heteroatoms. The van der Waals surface area contributed by atoms with Crippen LogP contribution in [0.25, 0.3) is 0 Å². The van der Waals surface area contributed by atoms with Crippen LogP contribution in [0.15, 0.2) is 41.4 Å². The Hall–Kier alpha value is -3.04. The summed E-state index contributed by atoms with van der Waals surface area (Å²) < 4.78 is 67.3. The first kappa shape index (κ1) is 28.5. The Labute approximate surface area is 213 Å². The first-order chi connectivity index (χ1) is 17.4. The molecule has 2 aromatic carbocycles. The van der Waals surface area contributed by atoms with Crippen LogP contribution in [-0.4, -0.2) is 48.9 Å². The van der Waals surface area contributed by atoms with Crippen molar-refractivity contribution in [2.24, 2.45) is 16.6 Å². The highest BCUT2D eigenvalue weighted by molar-refractivity contribution is 6.31. The van der Waals surface area contributed by atoms with Crippen LogP contribution in [0.2, 0.25) is 5.02 Å². The summed E-state index contributed by atoms with van der Waals surface area (Å²) >= 11 is 5.88. The Morgan fingerprint density at radius 1 is 1.24 bits per heavy atom. The fourth-order valence-corrected chi connectivity index (χ4v) is 3.86. The van der Waals surface area contributed by atoms with Gasteiger partial charge in [-0.3, -0.25) is 10.1 Å². The number of rotatable bonds is 7. The van der Waals surface area contributed by atoms with Crippen LogP contribution < -0.4 is 32.5 Å². The number of nitrogens with zero attached hydrogens (tertiary/aromatic N) is 1. The van der Waals surface area contributed by atoms with Gasteiger partial charge in [0.05, 0.1) is 5.92 Å². The van der Waals surface area contributed by atoms with Gasteiger partial charge in [0.1, 0.15) is 18.0 Å². The SMILES string of the molecule is CNCC(C(=O)NC(=NC1CC(c2ccc(O)c(F)c2)NN1)Nc1cc(F)cc(Cl)c1)C(N)C(F)(F)F. The summed E-state index contributed by atoms with van der Waals surface area (Å²) in [6.45, 7) is -0.386. The lowest BCUT2D eigenvalue weighted by atomic mass is 9.99. The lowest BCUT2D eigenvalue weighted by Gasteiger charge is -2.25. The van der Waals surface area contributed by atoms with E-state index in [1.165, 1.54) is 25.2 Å². The summed E-state index contributed by atoms with van der Waals surface area (Å²) in [6, 6.07) is 4.30. The average Bonchev–Trinajstić information content (AvgIpc) is 3.25. The van der Waals surface area contributed by atoms with Crippen molar-refractivity contribution in [2.75, 3.05) is 18.9 Å². The molecule has 1 heterocycles. The molecule has 2 aromatic rings. The van der Waals surface area contributed by atoms with Crippen molar-refractivity contribution >= 4 is 29.2 Å². The molecule has 0 spiro atoms. The van der Waals surface area contributed by atoms with Gasteiger partial charge in [-0.2, -0.15) is 13.2 Å². The van der Waals surface area contributed by atoms with Crippen molar-refractivity contribution in [1.82, 2.24) is 21.5 Å². The Morgan fingerprint density at radius 2 is 1.97 bits per heavy atom. The Balaban J connectivity index is 1.85. The number of anilines is 1. The van der Waals surface area contributed by atoms with Crippen LogP contribution in [0.5, 0.6) is 5.75 Å². The zero-order chi connectivity index (χ0) is 27.3. The highest BCUT2D eigenvalue weighted by Gasteiger charge is 2.45. The number of carbonyl (C=O) groups is 1. The van der Waals surface area contributed by atoms with Crippen LogP contribution >= 0.6 is 11.6 Å². The molecule has 0 aromatic heterocycles. The molecule has 8 N–H and O–H groups in total. The fourth-order valence-electron chi connectivity index (χ4n) is 3.64. The van der Waals surface area contributed by atoms with Gasteiger partial charge in [-0.25, -0.2) is 24.6 Å². The topological polar surface area (TPSA) is 136 Å². The van der Waals surface area contributed by atoms with Crippen LogP contribution in [-0.2, 0) is 4.79 Å². The fraction of sp³-hybridized carbons (Fsp3) is 0.364. The van der Waals surface area contributed by atoms with Crippen molar-refractivity contribution in [3.63, 3.8) is 0 Å². The maximum atomic E-state index is 13.8. The second-order valence-electron chi connectivity index (χ2n) is 8.29. The summed E-state index contributed by atoms with van der Waals surface area (Å²) in [5.74, 6) is -5.14. The van der Waals surface area contributed by atoms with Crippen LogP contribution in [0.4, 0.5) is 27.6 Å². The zero-order valence-electron chi connectivity index (χ0n) is 19.3. The molecule has 0 aliphatic carbocycles. The van der Waals surface area contributed by atoms with E-state index in [1.54, 1.807) is 0 Å². The van der Waals surface area contributed by atoms with Crippen molar-refractivity contribution < 1.29 is 31.9 Å². The molecule has 0 bridgehead atoms. The number of amides is 1. The van der Waals surface area contributed by atoms with Crippen molar-refractivity contribution in [3.05, 3.63) is 58.6 Å². The molecule has 4 unspecified atom stereocenters. The standard InChI is InChI=1S/C22H25ClF5N7O2/c1-30-9-14(19(29)22(26,27)28)20(37)33-21(31-13-6-11(23)5-12(24)7-13)32-18-8-16(34-35-18)10-2-3-17(36)15(25)4-10/h2-7,14,16,18-19,30,34-36H,8-9,29H2,1H3,(H2,31,32,33,37). The number of nitrogens with one attached hydrogen (secondary N) is 5. The number of aromatic hydroxyl groups is 1. The second kappa shape index (κ2) is 12.0. The molecule has 1 amide bonds. The van der Waals surface area contributed by atoms with Gasteiger partial charge >= 0.3 is 6.18 Å². The molecule has 202 valence electrons. The lowest BCUT2D eigenvalue weighted by Crippen LogP contribution is -2.54. The van der Waals surface area contributed by atoms with Gasteiger partial charge < -0.3 is 21.5 Å². The van der Waals surface area contributed by atoms with Gasteiger partial charge in [0.25, 0.3) is 0 Å². The van der Waals surface area contributed by atoms with E-state index in [-0.39, 0.29) is 29.6 Å². The maximum Gasteiger partial charge on any atom is 0.404 e. The Bertz CT molecular complexity index is 1130. The summed E-state index contributed by atoms with van der Waals surface area (Å²) in [4.78, 5) is 17.1. The van der Waals surface area contributed by atoms with E-state index < -0.39 is 53.6 Å². The van der Waals surface area contributed by atoms with Gasteiger partial charge in [0.2, 0.25) is 11.9 Å². The number of hydrogen-bond acceptors (Lipinski definition) is 7. The zero-order valence-corrected chi connectivity index (χ0v) is 20.1. The van der Waals surface area contributed by atoms with Crippen molar-refractivity contribution in [2.45, 2.75) is 30.8 Å². The minimum absolute atomic E-state index is 0.0235. The number of nitrogens with two attached hydrogens (primary N) is 1. The number of benzene rings is 2. The molecule has 1 aliphatic rings. The van der Waals surface area contributed by atoms with E-state index in [2.05, 4.69) is 31.8 Å². The van der Waals surface area contributed by atoms with Crippen molar-refractivity contribution in [1.29, 1.82) is 0 Å². The minimum Gasteiger partial charge on any atom is -0.505 e.